The summed E-state index contributed by atoms with van der Waals surface area (Å²) in [4.78, 5) is 12.4. The van der Waals surface area contributed by atoms with Crippen LogP contribution in [0.25, 0.3) is 0 Å². The van der Waals surface area contributed by atoms with E-state index in [4.69, 9.17) is 4.74 Å². The van der Waals surface area contributed by atoms with Crippen molar-refractivity contribution in [2.45, 2.75) is 24.5 Å². The van der Waals surface area contributed by atoms with E-state index in [2.05, 4.69) is 32.0 Å². The Bertz CT molecular complexity index is 665. The Kier molecular flexibility index (Phi) is 4.91. The normalized spacial score (nSPS) is 10.4. The minimum absolute atomic E-state index is 0.205. The van der Waals surface area contributed by atoms with Gasteiger partial charge in [0.05, 0.1) is 7.11 Å². The molecule has 0 heterocycles. The van der Waals surface area contributed by atoms with Gasteiger partial charge in [0.25, 0.3) is 0 Å². The van der Waals surface area contributed by atoms with Crippen molar-refractivity contribution >= 4 is 17.7 Å². The van der Waals surface area contributed by atoms with Crippen LogP contribution >= 0.6 is 11.8 Å². The molecule has 0 aliphatic carbocycles. The molecule has 0 aliphatic heterocycles. The first kappa shape index (κ1) is 15.4. The van der Waals surface area contributed by atoms with Crippen LogP contribution in [0.5, 0.6) is 5.75 Å². The van der Waals surface area contributed by atoms with Gasteiger partial charge in [-0.3, -0.25) is 0 Å². The van der Waals surface area contributed by atoms with Crippen LogP contribution in [0, 0.1) is 13.8 Å². The van der Waals surface area contributed by atoms with Crippen LogP contribution in [0.3, 0.4) is 0 Å². The molecule has 1 N–H and O–H groups in total. The van der Waals surface area contributed by atoms with E-state index in [1.54, 1.807) is 23.9 Å². The van der Waals surface area contributed by atoms with Crippen molar-refractivity contribution in [1.82, 2.24) is 0 Å². The Morgan fingerprint density at radius 2 is 1.95 bits per heavy atom. The number of benzene rings is 2. The third kappa shape index (κ3) is 3.79. The van der Waals surface area contributed by atoms with Crippen LogP contribution in [0.4, 0.5) is 0 Å². The maximum absolute atomic E-state index is 11.2. The second-order valence-electron chi connectivity index (χ2n) is 4.90. The zero-order valence-corrected chi connectivity index (χ0v) is 13.2. The van der Waals surface area contributed by atoms with Gasteiger partial charge in [0.2, 0.25) is 0 Å². The van der Waals surface area contributed by atoms with Crippen LogP contribution in [0.15, 0.2) is 41.3 Å². The molecular formula is C17H18O3S. The van der Waals surface area contributed by atoms with Crippen LogP contribution in [0.2, 0.25) is 0 Å². The molecule has 2 aromatic carbocycles. The first-order valence-electron chi connectivity index (χ1n) is 6.61. The minimum atomic E-state index is -0.967. The topological polar surface area (TPSA) is 46.5 Å². The monoisotopic (exact) mass is 302 g/mol. The lowest BCUT2D eigenvalue weighted by Crippen LogP contribution is -2.01. The van der Waals surface area contributed by atoms with Gasteiger partial charge < -0.3 is 9.84 Å². The largest absolute Gasteiger partial charge is 0.496 e. The smallest absolute Gasteiger partial charge is 0.339 e. The number of aromatic carboxylic acids is 1. The summed E-state index contributed by atoms with van der Waals surface area (Å²) in [7, 11) is 1.48. The molecule has 0 aliphatic rings. The Morgan fingerprint density at radius 3 is 2.57 bits per heavy atom. The summed E-state index contributed by atoms with van der Waals surface area (Å²) < 4.78 is 5.07. The molecule has 4 heteroatoms. The van der Waals surface area contributed by atoms with E-state index in [9.17, 15) is 9.90 Å². The van der Waals surface area contributed by atoms with E-state index in [1.165, 1.54) is 23.1 Å². The number of methoxy groups -OCH3 is 1. The zero-order chi connectivity index (χ0) is 15.4. The lowest BCUT2D eigenvalue weighted by molar-refractivity contribution is 0.0693. The summed E-state index contributed by atoms with van der Waals surface area (Å²) in [6, 6.07) is 11.6. The summed E-state index contributed by atoms with van der Waals surface area (Å²) in [6.07, 6.45) is 0. The Morgan fingerprint density at radius 1 is 1.19 bits per heavy atom. The zero-order valence-electron chi connectivity index (χ0n) is 12.3. The fraction of sp³-hybridized carbons (Fsp3) is 0.235. The van der Waals surface area contributed by atoms with Crippen LogP contribution < -0.4 is 4.74 Å². The number of thioether (sulfide) groups is 1. The highest BCUT2D eigenvalue weighted by Crippen LogP contribution is 2.28. The first-order chi connectivity index (χ1) is 10.0. The number of carboxylic acids is 1. The van der Waals surface area contributed by atoms with Crippen LogP contribution in [0.1, 0.15) is 27.0 Å². The van der Waals surface area contributed by atoms with Gasteiger partial charge in [0.1, 0.15) is 11.3 Å². The molecule has 21 heavy (non-hydrogen) atoms. The number of aryl methyl sites for hydroxylation is 2. The summed E-state index contributed by atoms with van der Waals surface area (Å²) in [5.41, 5.74) is 3.66. The Hall–Kier alpha value is -1.94. The lowest BCUT2D eigenvalue weighted by Gasteiger charge is -2.09. The maximum Gasteiger partial charge on any atom is 0.339 e. The van der Waals surface area contributed by atoms with Gasteiger partial charge in [-0.2, -0.15) is 0 Å². The number of hydrogen-bond donors (Lipinski definition) is 1. The van der Waals surface area contributed by atoms with E-state index in [0.717, 1.165) is 11.3 Å². The second-order valence-corrected chi connectivity index (χ2v) is 5.91. The number of hydrogen-bond acceptors (Lipinski definition) is 3. The third-order valence-electron chi connectivity index (χ3n) is 3.22. The van der Waals surface area contributed by atoms with Gasteiger partial charge >= 0.3 is 5.97 Å². The molecule has 0 unspecified atom stereocenters. The molecule has 0 saturated carbocycles. The van der Waals surface area contributed by atoms with Gasteiger partial charge in [-0.15, -0.1) is 11.8 Å². The van der Waals surface area contributed by atoms with Crippen molar-refractivity contribution in [3.63, 3.8) is 0 Å². The fourth-order valence-electron chi connectivity index (χ4n) is 2.13. The van der Waals surface area contributed by atoms with Gasteiger partial charge in [-0.1, -0.05) is 23.8 Å². The molecule has 0 amide bonds. The van der Waals surface area contributed by atoms with Crippen LogP contribution in [-0.2, 0) is 5.75 Å². The molecule has 2 rings (SSSR count). The molecule has 3 nitrogen and oxygen atoms in total. The highest BCUT2D eigenvalue weighted by Gasteiger charge is 2.11. The molecule has 0 aromatic heterocycles. The predicted octanol–water partition coefficient (Wildman–Crippen LogP) is 4.30. The Balaban J connectivity index is 2.16. The molecule has 110 valence electrons. The number of ether oxygens (including phenoxy) is 1. The quantitative estimate of drug-likeness (QED) is 0.836. The lowest BCUT2D eigenvalue weighted by atomic mass is 10.1. The van der Waals surface area contributed by atoms with Gasteiger partial charge in [-0.25, -0.2) is 4.79 Å². The standard InChI is InChI=1S/C17H18O3S/c1-11-4-7-16(12(2)8-11)21-10-13-5-6-15(20-3)14(9-13)17(18)19/h4-9H,10H2,1-3H3,(H,18,19). The highest BCUT2D eigenvalue weighted by molar-refractivity contribution is 7.98. The first-order valence-corrected chi connectivity index (χ1v) is 7.60. The van der Waals surface area contributed by atoms with Gasteiger partial charge in [0.15, 0.2) is 0 Å². The summed E-state index contributed by atoms with van der Waals surface area (Å²) in [5.74, 6) is 0.154. The van der Waals surface area contributed by atoms with E-state index in [1.807, 2.05) is 6.07 Å². The third-order valence-corrected chi connectivity index (χ3v) is 4.47. The molecule has 2 aromatic rings. The molecule has 0 fully saturated rings. The molecule has 0 atom stereocenters. The van der Waals surface area contributed by atoms with Crippen LogP contribution in [-0.4, -0.2) is 18.2 Å². The SMILES string of the molecule is COc1ccc(CSc2ccc(C)cc2C)cc1C(=O)O. The molecule has 0 saturated heterocycles. The van der Waals surface area contributed by atoms with Crippen molar-refractivity contribution in [1.29, 1.82) is 0 Å². The summed E-state index contributed by atoms with van der Waals surface area (Å²) in [6.45, 7) is 4.16. The van der Waals surface area contributed by atoms with Crippen molar-refractivity contribution in [3.05, 3.63) is 58.7 Å². The summed E-state index contributed by atoms with van der Waals surface area (Å²) in [5, 5.41) is 9.19. The number of rotatable bonds is 5. The average Bonchev–Trinajstić information content (AvgIpc) is 2.46. The average molecular weight is 302 g/mol. The summed E-state index contributed by atoms with van der Waals surface area (Å²) >= 11 is 1.71. The van der Waals surface area contributed by atoms with Crippen molar-refractivity contribution < 1.29 is 14.6 Å². The predicted molar refractivity (Wildman–Crippen MR) is 85.4 cm³/mol. The second kappa shape index (κ2) is 6.68. The fourth-order valence-corrected chi connectivity index (χ4v) is 3.09. The van der Waals surface area contributed by atoms with Crippen molar-refractivity contribution in [2.24, 2.45) is 0 Å². The van der Waals surface area contributed by atoms with E-state index in [0.29, 0.717) is 5.75 Å². The molecule has 0 radical (unpaired) electrons. The molecule has 0 spiro atoms. The van der Waals surface area contributed by atoms with Crippen molar-refractivity contribution in [3.8, 4) is 5.75 Å². The minimum Gasteiger partial charge on any atom is -0.496 e. The maximum atomic E-state index is 11.2. The number of carbonyl (C=O) groups is 1. The van der Waals surface area contributed by atoms with Crippen molar-refractivity contribution in [2.75, 3.05) is 7.11 Å². The van der Waals surface area contributed by atoms with E-state index >= 15 is 0 Å². The van der Waals surface area contributed by atoms with Gasteiger partial charge in [0, 0.05) is 10.6 Å². The Labute approximate surface area is 129 Å². The molecule has 0 bridgehead atoms. The molecular weight excluding hydrogens is 284 g/mol. The number of carboxylic acid groups (broad SMARTS) is 1. The van der Waals surface area contributed by atoms with Gasteiger partial charge in [-0.05, 0) is 43.2 Å². The van der Waals surface area contributed by atoms with E-state index < -0.39 is 5.97 Å². The van der Waals surface area contributed by atoms with E-state index in [-0.39, 0.29) is 5.56 Å². The highest BCUT2D eigenvalue weighted by atomic mass is 32.2.